The van der Waals surface area contributed by atoms with Gasteiger partial charge in [0, 0.05) is 6.20 Å². The van der Waals surface area contributed by atoms with E-state index in [9.17, 15) is 9.59 Å². The second kappa shape index (κ2) is 8.04. The van der Waals surface area contributed by atoms with Gasteiger partial charge in [-0.3, -0.25) is 14.2 Å². The second-order valence-electron chi connectivity index (χ2n) is 6.23. The van der Waals surface area contributed by atoms with E-state index in [-0.39, 0.29) is 18.0 Å². The van der Waals surface area contributed by atoms with Crippen LogP contribution in [0, 0.1) is 13.8 Å². The summed E-state index contributed by atoms with van der Waals surface area (Å²) in [5.74, 6) is -1.43. The quantitative estimate of drug-likeness (QED) is 0.634. The van der Waals surface area contributed by atoms with Crippen LogP contribution in [0.3, 0.4) is 0 Å². The number of carboxylic acid groups (broad SMARTS) is 1. The van der Waals surface area contributed by atoms with E-state index in [0.29, 0.717) is 28.0 Å². The van der Waals surface area contributed by atoms with Gasteiger partial charge in [-0.25, -0.2) is 4.79 Å². The number of rotatable bonds is 6. The Morgan fingerprint density at radius 1 is 1.21 bits per heavy atom. The Morgan fingerprint density at radius 2 is 1.96 bits per heavy atom. The molecule has 1 aromatic carbocycles. The number of carbonyl (C=O) groups is 2. The lowest BCUT2D eigenvalue weighted by atomic mass is 10.2. The normalized spacial score (nSPS) is 10.9. The molecular weight excluding hydrogens is 405 g/mol. The molecule has 2 aromatic heterocycles. The molecule has 3 aromatic rings. The third-order valence-corrected chi connectivity index (χ3v) is 4.89. The van der Waals surface area contributed by atoms with Gasteiger partial charge in [-0.1, -0.05) is 29.3 Å². The summed E-state index contributed by atoms with van der Waals surface area (Å²) in [6.45, 7) is 4.01. The van der Waals surface area contributed by atoms with Gasteiger partial charge >= 0.3 is 5.97 Å². The number of hydrogen-bond acceptors (Lipinski definition) is 4. The van der Waals surface area contributed by atoms with E-state index < -0.39 is 5.97 Å². The van der Waals surface area contributed by atoms with E-state index in [0.717, 1.165) is 11.3 Å². The number of anilines is 1. The van der Waals surface area contributed by atoms with Crippen LogP contribution in [0.4, 0.5) is 5.69 Å². The molecule has 2 N–H and O–H groups in total. The molecule has 2 heterocycles. The number of hydrogen-bond donors (Lipinski definition) is 2. The number of halogens is 2. The highest BCUT2D eigenvalue weighted by Gasteiger charge is 2.16. The molecule has 0 aliphatic heterocycles. The number of benzene rings is 1. The molecule has 3 rings (SSSR count). The lowest BCUT2D eigenvalue weighted by molar-refractivity contribution is -0.116. The Hall–Kier alpha value is -2.84. The molecule has 146 valence electrons. The van der Waals surface area contributed by atoms with Gasteiger partial charge in [0.1, 0.15) is 6.54 Å². The minimum Gasteiger partial charge on any atom is -0.478 e. The predicted molar refractivity (Wildman–Crippen MR) is 105 cm³/mol. The van der Waals surface area contributed by atoms with Crippen LogP contribution >= 0.6 is 23.2 Å². The molecule has 28 heavy (non-hydrogen) atoms. The summed E-state index contributed by atoms with van der Waals surface area (Å²) in [4.78, 5) is 23.2. The second-order valence-corrected chi connectivity index (χ2v) is 7.05. The van der Waals surface area contributed by atoms with Gasteiger partial charge in [0.2, 0.25) is 5.91 Å². The molecule has 0 saturated heterocycles. The van der Waals surface area contributed by atoms with Crippen molar-refractivity contribution in [3.05, 3.63) is 63.2 Å². The van der Waals surface area contributed by atoms with Gasteiger partial charge in [-0.05, 0) is 31.5 Å². The van der Waals surface area contributed by atoms with Crippen LogP contribution in [0.25, 0.3) is 0 Å². The van der Waals surface area contributed by atoms with Gasteiger partial charge in [0.05, 0.1) is 45.4 Å². The maximum atomic E-state index is 12.3. The summed E-state index contributed by atoms with van der Waals surface area (Å²) < 4.78 is 3.03. The van der Waals surface area contributed by atoms with Crippen LogP contribution in [0.1, 0.15) is 27.3 Å². The minimum absolute atomic E-state index is 0.0228. The lowest BCUT2D eigenvalue weighted by Crippen LogP contribution is -2.20. The molecule has 8 nitrogen and oxygen atoms in total. The van der Waals surface area contributed by atoms with Gasteiger partial charge in [0.15, 0.2) is 0 Å². The van der Waals surface area contributed by atoms with Crippen LogP contribution in [0.2, 0.25) is 10.0 Å². The minimum atomic E-state index is -1.10. The van der Waals surface area contributed by atoms with Crippen molar-refractivity contribution in [1.29, 1.82) is 0 Å². The molecule has 0 atom stereocenters. The van der Waals surface area contributed by atoms with Crippen LogP contribution < -0.4 is 5.32 Å². The Kier molecular flexibility index (Phi) is 5.71. The van der Waals surface area contributed by atoms with Crippen molar-refractivity contribution < 1.29 is 14.7 Å². The summed E-state index contributed by atoms with van der Waals surface area (Å²) in [6.07, 6.45) is 2.50. The lowest BCUT2D eigenvalue weighted by Gasteiger charge is -2.08. The molecule has 0 unspecified atom stereocenters. The smallest absolute Gasteiger partial charge is 0.338 e. The van der Waals surface area contributed by atoms with Crippen LogP contribution in [0.15, 0.2) is 30.6 Å². The first kappa shape index (κ1) is 19.9. The maximum absolute atomic E-state index is 12.3. The van der Waals surface area contributed by atoms with Crippen molar-refractivity contribution in [2.45, 2.75) is 26.9 Å². The molecule has 0 saturated carbocycles. The number of nitrogens with one attached hydrogen (secondary N) is 1. The molecule has 0 aliphatic carbocycles. The van der Waals surface area contributed by atoms with Gasteiger partial charge in [0.25, 0.3) is 0 Å². The van der Waals surface area contributed by atoms with Crippen molar-refractivity contribution in [3.8, 4) is 0 Å². The zero-order valence-corrected chi connectivity index (χ0v) is 16.6. The maximum Gasteiger partial charge on any atom is 0.338 e. The highest BCUT2D eigenvalue weighted by atomic mass is 35.5. The third-order valence-electron chi connectivity index (χ3n) is 4.15. The summed E-state index contributed by atoms with van der Waals surface area (Å²) in [5.41, 5.74) is 3.00. The van der Waals surface area contributed by atoms with Gasteiger partial charge in [-0.2, -0.15) is 10.2 Å². The molecule has 0 bridgehead atoms. The molecule has 1 amide bonds. The molecule has 0 radical (unpaired) electrons. The van der Waals surface area contributed by atoms with Crippen molar-refractivity contribution >= 4 is 40.8 Å². The molecule has 0 fully saturated rings. The Bertz CT molecular complexity index is 1060. The fourth-order valence-corrected chi connectivity index (χ4v) is 3.05. The zero-order chi connectivity index (χ0) is 20.4. The fourth-order valence-electron chi connectivity index (χ4n) is 2.73. The van der Waals surface area contributed by atoms with Gasteiger partial charge in [-0.15, -0.1) is 0 Å². The topological polar surface area (TPSA) is 102 Å². The fraction of sp³-hybridized carbons (Fsp3) is 0.222. The zero-order valence-electron chi connectivity index (χ0n) is 15.1. The molecular formula is C18H17Cl2N5O3. The van der Waals surface area contributed by atoms with Crippen molar-refractivity contribution in [3.63, 3.8) is 0 Å². The number of carbonyl (C=O) groups excluding carboxylic acids is 1. The number of aromatic nitrogens is 4. The van der Waals surface area contributed by atoms with E-state index in [1.54, 1.807) is 23.7 Å². The first-order valence-corrected chi connectivity index (χ1v) is 9.03. The highest BCUT2D eigenvalue weighted by Crippen LogP contribution is 2.25. The monoisotopic (exact) mass is 421 g/mol. The Labute approximate surface area is 170 Å². The van der Waals surface area contributed by atoms with E-state index >= 15 is 0 Å². The van der Waals surface area contributed by atoms with E-state index in [1.807, 2.05) is 13.0 Å². The standard InChI is InChI=1S/C18H17Cl2N5O3/c1-10-17(22-16(26)9-24-8-13(6-21-24)18(27)28)11(2)25(23-10)7-12-3-4-14(19)15(20)5-12/h3-6,8H,7,9H2,1-2H3,(H,22,26)(H,27,28). The predicted octanol–water partition coefficient (Wildman–Crippen LogP) is 3.39. The van der Waals surface area contributed by atoms with Crippen molar-refractivity contribution in [2.24, 2.45) is 0 Å². The number of carboxylic acids is 1. The first-order valence-electron chi connectivity index (χ1n) is 8.28. The summed E-state index contributed by atoms with van der Waals surface area (Å²) >= 11 is 12.0. The third kappa shape index (κ3) is 4.35. The average Bonchev–Trinajstić information content (AvgIpc) is 3.19. The van der Waals surface area contributed by atoms with Crippen LogP contribution in [-0.2, 0) is 17.9 Å². The Morgan fingerprint density at radius 3 is 2.61 bits per heavy atom. The largest absolute Gasteiger partial charge is 0.478 e. The van der Waals surface area contributed by atoms with E-state index in [1.165, 1.54) is 17.1 Å². The Balaban J connectivity index is 1.72. The number of aryl methyl sites for hydroxylation is 1. The van der Waals surface area contributed by atoms with Gasteiger partial charge < -0.3 is 10.4 Å². The molecule has 0 aliphatic rings. The van der Waals surface area contributed by atoms with Crippen LogP contribution in [0.5, 0.6) is 0 Å². The first-order chi connectivity index (χ1) is 13.2. The SMILES string of the molecule is Cc1nn(Cc2ccc(Cl)c(Cl)c2)c(C)c1NC(=O)Cn1cc(C(=O)O)cn1. The number of aromatic carboxylic acids is 1. The summed E-state index contributed by atoms with van der Waals surface area (Å²) in [7, 11) is 0. The van der Waals surface area contributed by atoms with E-state index in [2.05, 4.69) is 15.5 Å². The van der Waals surface area contributed by atoms with Crippen molar-refractivity contribution in [1.82, 2.24) is 19.6 Å². The van der Waals surface area contributed by atoms with Crippen LogP contribution in [-0.4, -0.2) is 36.5 Å². The van der Waals surface area contributed by atoms with E-state index in [4.69, 9.17) is 28.3 Å². The average molecular weight is 422 g/mol. The van der Waals surface area contributed by atoms with Crippen molar-refractivity contribution in [2.75, 3.05) is 5.32 Å². The number of nitrogens with zero attached hydrogens (tertiary/aromatic N) is 4. The molecule has 10 heteroatoms. The summed E-state index contributed by atoms with van der Waals surface area (Å²) in [5, 5.41) is 21.0. The number of amides is 1. The molecule has 0 spiro atoms. The summed E-state index contributed by atoms with van der Waals surface area (Å²) in [6, 6.07) is 5.36. The highest BCUT2D eigenvalue weighted by molar-refractivity contribution is 6.42.